The number of aromatic nitrogens is 4. The van der Waals surface area contributed by atoms with Gasteiger partial charge in [0.15, 0.2) is 6.61 Å². The van der Waals surface area contributed by atoms with E-state index in [1.165, 1.54) is 6.33 Å². The molecule has 0 saturated heterocycles. The Morgan fingerprint density at radius 2 is 1.81 bits per heavy atom. The highest BCUT2D eigenvalue weighted by Gasteiger charge is 2.36. The fourth-order valence-corrected chi connectivity index (χ4v) is 3.91. The zero-order valence-corrected chi connectivity index (χ0v) is 18.1. The summed E-state index contributed by atoms with van der Waals surface area (Å²) >= 11 is 0. The predicted molar refractivity (Wildman–Crippen MR) is 117 cm³/mol. The lowest BCUT2D eigenvalue weighted by atomic mass is 9.88. The number of carbonyl (C=O) groups is 1. The normalized spacial score (nSPS) is 14.6. The van der Waals surface area contributed by atoms with E-state index in [1.54, 1.807) is 21.7 Å². The number of amides is 1. The fourth-order valence-electron chi connectivity index (χ4n) is 3.91. The van der Waals surface area contributed by atoms with E-state index >= 15 is 0 Å². The minimum atomic E-state index is -0.478. The summed E-state index contributed by atoms with van der Waals surface area (Å²) in [5.41, 5.74) is 3.29. The number of nitrogens with zero attached hydrogens (tertiary/aromatic N) is 5. The van der Waals surface area contributed by atoms with Gasteiger partial charge in [0.05, 0.1) is 23.5 Å². The van der Waals surface area contributed by atoms with Crippen molar-refractivity contribution >= 4 is 17.2 Å². The lowest BCUT2D eigenvalue weighted by molar-refractivity contribution is -0.121. The summed E-state index contributed by atoms with van der Waals surface area (Å²) in [5.74, 6) is 1.27. The Morgan fingerprint density at radius 1 is 1.06 bits per heavy atom. The van der Waals surface area contributed by atoms with Crippen molar-refractivity contribution in [3.63, 3.8) is 0 Å². The molecule has 8 nitrogen and oxygen atoms in total. The lowest BCUT2D eigenvalue weighted by Gasteiger charge is -2.41. The lowest BCUT2D eigenvalue weighted by Crippen LogP contribution is -2.50. The minimum absolute atomic E-state index is 0.0762. The van der Waals surface area contributed by atoms with Crippen LogP contribution in [0.25, 0.3) is 11.3 Å². The molecule has 0 fully saturated rings. The molecule has 0 spiro atoms. The Bertz CT molecular complexity index is 1100. The van der Waals surface area contributed by atoms with E-state index in [0.717, 1.165) is 28.3 Å². The summed E-state index contributed by atoms with van der Waals surface area (Å²) in [4.78, 5) is 15.0. The van der Waals surface area contributed by atoms with E-state index in [9.17, 15) is 4.79 Å². The van der Waals surface area contributed by atoms with E-state index in [2.05, 4.69) is 28.5 Å². The van der Waals surface area contributed by atoms with Crippen molar-refractivity contribution in [3.8, 4) is 17.2 Å². The fraction of sp³-hybridized carbons (Fsp3) is 0.304. The highest BCUT2D eigenvalue weighted by molar-refractivity contribution is 6.01. The van der Waals surface area contributed by atoms with Crippen LogP contribution in [0.2, 0.25) is 0 Å². The Morgan fingerprint density at radius 3 is 2.48 bits per heavy atom. The first-order valence-corrected chi connectivity index (χ1v) is 10.1. The number of ether oxygens (including phenoxy) is 2. The molecule has 0 bridgehead atoms. The maximum Gasteiger partial charge on any atom is 0.265 e. The van der Waals surface area contributed by atoms with Gasteiger partial charge >= 0.3 is 0 Å². The summed E-state index contributed by atoms with van der Waals surface area (Å²) in [6.07, 6.45) is 3.62. The Labute approximate surface area is 181 Å². The Hall–Kier alpha value is -3.68. The van der Waals surface area contributed by atoms with Crippen LogP contribution in [0, 0.1) is 0 Å². The number of hydrogen-bond acceptors (Lipinski definition) is 6. The smallest absolute Gasteiger partial charge is 0.265 e. The Kier molecular flexibility index (Phi) is 5.46. The molecule has 0 aliphatic carbocycles. The number of fused-ring (bicyclic) bond motifs is 1. The third-order valence-electron chi connectivity index (χ3n) is 5.15. The number of carbonyl (C=O) groups excluding carboxylic acids is 1. The average Bonchev–Trinajstić information content (AvgIpc) is 3.27. The van der Waals surface area contributed by atoms with Gasteiger partial charge in [-0.1, -0.05) is 6.08 Å². The van der Waals surface area contributed by atoms with Gasteiger partial charge in [0.1, 0.15) is 17.8 Å². The van der Waals surface area contributed by atoms with Crippen molar-refractivity contribution in [2.75, 3.05) is 18.1 Å². The third kappa shape index (κ3) is 4.14. The first-order chi connectivity index (χ1) is 14.9. The second-order valence-corrected chi connectivity index (χ2v) is 7.86. The van der Waals surface area contributed by atoms with Crippen LogP contribution in [-0.4, -0.2) is 44.9 Å². The molecule has 3 aromatic rings. The molecule has 0 N–H and O–H groups in total. The van der Waals surface area contributed by atoms with Gasteiger partial charge < -0.3 is 9.47 Å². The molecule has 0 radical (unpaired) electrons. The standard InChI is InChI=1S/C23H25N5O3/c1-5-30-19-10-11-21-20(12-19)16(2)13-23(3,4)28(21)22(29)14-31-18-8-6-17(7-9-18)27-15-24-25-26-27/h6-13,15H,5,14H2,1-4H3. The zero-order valence-electron chi connectivity index (χ0n) is 18.1. The van der Waals surface area contributed by atoms with E-state index < -0.39 is 5.54 Å². The maximum absolute atomic E-state index is 13.2. The van der Waals surface area contributed by atoms with Crippen LogP contribution < -0.4 is 14.4 Å². The van der Waals surface area contributed by atoms with E-state index in [-0.39, 0.29) is 12.5 Å². The molecule has 2 heterocycles. The van der Waals surface area contributed by atoms with Gasteiger partial charge in [0, 0.05) is 5.56 Å². The molecule has 1 aliphatic heterocycles. The van der Waals surface area contributed by atoms with Crippen LogP contribution in [-0.2, 0) is 4.79 Å². The first kappa shape index (κ1) is 20.6. The van der Waals surface area contributed by atoms with Gasteiger partial charge in [-0.15, -0.1) is 5.10 Å². The number of tetrazole rings is 1. The molecule has 0 unspecified atom stereocenters. The molecule has 1 aliphatic rings. The third-order valence-corrected chi connectivity index (χ3v) is 5.15. The van der Waals surface area contributed by atoms with Crippen molar-refractivity contribution in [3.05, 3.63) is 60.4 Å². The zero-order chi connectivity index (χ0) is 22.0. The van der Waals surface area contributed by atoms with Crippen LogP contribution in [0.4, 0.5) is 5.69 Å². The molecule has 4 rings (SSSR count). The van der Waals surface area contributed by atoms with Gasteiger partial charge in [-0.25, -0.2) is 4.68 Å². The SMILES string of the molecule is CCOc1ccc2c(c1)C(C)=CC(C)(C)N2C(=O)COc1ccc(-n2cnnn2)cc1. The second-order valence-electron chi connectivity index (χ2n) is 7.86. The average molecular weight is 419 g/mol. The predicted octanol–water partition coefficient (Wildman–Crippen LogP) is 3.67. The molecular weight excluding hydrogens is 394 g/mol. The number of anilines is 1. The van der Waals surface area contributed by atoms with Crippen LogP contribution in [0.3, 0.4) is 0 Å². The van der Waals surface area contributed by atoms with Crippen molar-refractivity contribution in [1.29, 1.82) is 0 Å². The molecular formula is C23H25N5O3. The largest absolute Gasteiger partial charge is 0.494 e. The van der Waals surface area contributed by atoms with Crippen LogP contribution in [0.1, 0.15) is 33.3 Å². The van der Waals surface area contributed by atoms with Gasteiger partial charge in [0.2, 0.25) is 0 Å². The van der Waals surface area contributed by atoms with E-state index in [0.29, 0.717) is 12.4 Å². The number of allylic oxidation sites excluding steroid dienone is 1. The highest BCUT2D eigenvalue weighted by atomic mass is 16.5. The number of rotatable bonds is 6. The quantitative estimate of drug-likeness (QED) is 0.606. The molecule has 8 heteroatoms. The molecule has 0 atom stereocenters. The van der Waals surface area contributed by atoms with Gasteiger partial charge in [0.25, 0.3) is 5.91 Å². The van der Waals surface area contributed by atoms with Gasteiger partial charge in [-0.05, 0) is 86.2 Å². The molecule has 1 amide bonds. The van der Waals surface area contributed by atoms with E-state index in [4.69, 9.17) is 9.47 Å². The van der Waals surface area contributed by atoms with Gasteiger partial charge in [-0.2, -0.15) is 0 Å². The van der Waals surface area contributed by atoms with Crippen LogP contribution >= 0.6 is 0 Å². The molecule has 0 saturated carbocycles. The maximum atomic E-state index is 13.2. The summed E-state index contributed by atoms with van der Waals surface area (Å²) in [6, 6.07) is 13.1. The van der Waals surface area contributed by atoms with Crippen LogP contribution in [0.5, 0.6) is 11.5 Å². The monoisotopic (exact) mass is 419 g/mol. The minimum Gasteiger partial charge on any atom is -0.494 e. The van der Waals surface area contributed by atoms with Crippen molar-refractivity contribution < 1.29 is 14.3 Å². The van der Waals surface area contributed by atoms with Gasteiger partial charge in [-0.3, -0.25) is 9.69 Å². The molecule has 1 aromatic heterocycles. The van der Waals surface area contributed by atoms with Crippen molar-refractivity contribution in [2.24, 2.45) is 0 Å². The number of hydrogen-bond donors (Lipinski definition) is 0. The summed E-state index contributed by atoms with van der Waals surface area (Å²) in [5, 5.41) is 11.1. The summed E-state index contributed by atoms with van der Waals surface area (Å²) in [6.45, 7) is 8.57. The van der Waals surface area contributed by atoms with E-state index in [1.807, 2.05) is 51.1 Å². The molecule has 2 aromatic carbocycles. The molecule has 31 heavy (non-hydrogen) atoms. The topological polar surface area (TPSA) is 82.4 Å². The van der Waals surface area contributed by atoms with Crippen LogP contribution in [0.15, 0.2) is 54.9 Å². The van der Waals surface area contributed by atoms with Crippen molar-refractivity contribution in [2.45, 2.75) is 33.2 Å². The number of benzene rings is 2. The summed E-state index contributed by atoms with van der Waals surface area (Å²) < 4.78 is 13.0. The van der Waals surface area contributed by atoms with Crippen molar-refractivity contribution in [1.82, 2.24) is 20.2 Å². The highest BCUT2D eigenvalue weighted by Crippen LogP contribution is 2.40. The molecule has 160 valence electrons. The summed E-state index contributed by atoms with van der Waals surface area (Å²) in [7, 11) is 0. The second kappa shape index (κ2) is 8.22. The Balaban J connectivity index is 1.52. The first-order valence-electron chi connectivity index (χ1n) is 10.1.